The Hall–Kier alpha value is -1.58. The Morgan fingerprint density at radius 1 is 1.24 bits per heavy atom. The first-order valence-corrected chi connectivity index (χ1v) is 7.38. The van der Waals surface area contributed by atoms with Gasteiger partial charge in [-0.1, -0.05) is 42.8 Å². The van der Waals surface area contributed by atoms with Crippen LogP contribution < -0.4 is 10.1 Å². The number of rotatable bonds is 6. The molecule has 112 valence electrons. The maximum Gasteiger partial charge on any atom is 0.148 e. The van der Waals surface area contributed by atoms with Crippen molar-refractivity contribution in [2.45, 2.75) is 26.5 Å². The molecule has 1 unspecified atom stereocenters. The van der Waals surface area contributed by atoms with Gasteiger partial charge in [-0.2, -0.15) is 0 Å². The zero-order valence-corrected chi connectivity index (χ0v) is 13.0. The van der Waals surface area contributed by atoms with E-state index in [0.717, 1.165) is 17.9 Å². The van der Waals surface area contributed by atoms with Crippen LogP contribution in [0.1, 0.15) is 31.0 Å². The number of ether oxygens (including phenoxy) is 1. The van der Waals surface area contributed by atoms with E-state index in [1.165, 1.54) is 6.07 Å². The highest BCUT2D eigenvalue weighted by Crippen LogP contribution is 2.22. The van der Waals surface area contributed by atoms with Crippen molar-refractivity contribution in [3.8, 4) is 5.75 Å². The van der Waals surface area contributed by atoms with Gasteiger partial charge in [-0.25, -0.2) is 4.39 Å². The van der Waals surface area contributed by atoms with Gasteiger partial charge in [0.15, 0.2) is 0 Å². The van der Waals surface area contributed by atoms with Crippen LogP contribution in [0, 0.1) is 5.82 Å². The highest BCUT2D eigenvalue weighted by molar-refractivity contribution is 6.30. The fourth-order valence-corrected chi connectivity index (χ4v) is 2.31. The summed E-state index contributed by atoms with van der Waals surface area (Å²) in [4.78, 5) is 0. The zero-order chi connectivity index (χ0) is 15.2. The molecule has 0 aromatic heterocycles. The van der Waals surface area contributed by atoms with E-state index in [-0.39, 0.29) is 17.7 Å². The second kappa shape index (κ2) is 7.43. The van der Waals surface area contributed by atoms with Gasteiger partial charge in [0.05, 0.1) is 5.02 Å². The maximum absolute atomic E-state index is 13.8. The van der Waals surface area contributed by atoms with E-state index >= 15 is 0 Å². The van der Waals surface area contributed by atoms with Gasteiger partial charge in [0, 0.05) is 11.6 Å². The fraction of sp³-hybridized carbons (Fsp3) is 0.294. The SMILES string of the molecule is CCNC(C)c1cccc(OCc2cccc(Cl)c2F)c1. The monoisotopic (exact) mass is 307 g/mol. The molecule has 1 N–H and O–H groups in total. The lowest BCUT2D eigenvalue weighted by Crippen LogP contribution is -2.17. The third kappa shape index (κ3) is 4.19. The standard InChI is InChI=1S/C17H19ClFNO/c1-3-20-12(2)13-6-4-8-15(10-13)21-11-14-7-5-9-16(18)17(14)19/h4-10,12,20H,3,11H2,1-2H3. The summed E-state index contributed by atoms with van der Waals surface area (Å²) >= 11 is 5.76. The topological polar surface area (TPSA) is 21.3 Å². The van der Waals surface area contributed by atoms with Crippen molar-refractivity contribution in [3.05, 3.63) is 64.4 Å². The molecule has 0 radical (unpaired) electrons. The molecule has 1 atom stereocenters. The van der Waals surface area contributed by atoms with Gasteiger partial charge in [0.2, 0.25) is 0 Å². The van der Waals surface area contributed by atoms with E-state index in [2.05, 4.69) is 19.2 Å². The summed E-state index contributed by atoms with van der Waals surface area (Å²) in [7, 11) is 0. The Labute approximate surface area is 129 Å². The first-order chi connectivity index (χ1) is 10.1. The molecule has 2 aromatic carbocycles. The Morgan fingerprint density at radius 2 is 2.00 bits per heavy atom. The third-order valence-electron chi connectivity index (χ3n) is 3.29. The van der Waals surface area contributed by atoms with Gasteiger partial charge in [-0.15, -0.1) is 0 Å². The summed E-state index contributed by atoms with van der Waals surface area (Å²) in [6.07, 6.45) is 0. The molecule has 0 aliphatic carbocycles. The van der Waals surface area contributed by atoms with Gasteiger partial charge < -0.3 is 10.1 Å². The third-order valence-corrected chi connectivity index (χ3v) is 3.59. The van der Waals surface area contributed by atoms with Crippen LogP contribution in [0.15, 0.2) is 42.5 Å². The number of nitrogens with one attached hydrogen (secondary N) is 1. The quantitative estimate of drug-likeness (QED) is 0.833. The van der Waals surface area contributed by atoms with Crippen molar-refractivity contribution in [2.24, 2.45) is 0 Å². The molecule has 21 heavy (non-hydrogen) atoms. The van der Waals surface area contributed by atoms with Crippen LogP contribution in [-0.2, 0) is 6.61 Å². The molecule has 0 aliphatic rings. The molecule has 4 heteroatoms. The molecule has 2 rings (SSSR count). The number of benzene rings is 2. The Balaban J connectivity index is 2.06. The molecule has 0 bridgehead atoms. The second-order valence-corrected chi connectivity index (χ2v) is 5.26. The molecule has 0 aliphatic heterocycles. The van der Waals surface area contributed by atoms with Crippen LogP contribution in [0.2, 0.25) is 5.02 Å². The summed E-state index contributed by atoms with van der Waals surface area (Å²) < 4.78 is 19.5. The summed E-state index contributed by atoms with van der Waals surface area (Å²) in [5.74, 6) is 0.299. The minimum Gasteiger partial charge on any atom is -0.489 e. The van der Waals surface area contributed by atoms with Gasteiger partial charge in [0.25, 0.3) is 0 Å². The minimum absolute atomic E-state index is 0.116. The first-order valence-electron chi connectivity index (χ1n) is 7.01. The molecule has 0 amide bonds. The van der Waals surface area contributed by atoms with Gasteiger partial charge in [-0.3, -0.25) is 0 Å². The van der Waals surface area contributed by atoms with Crippen LogP contribution in [0.4, 0.5) is 4.39 Å². The van der Waals surface area contributed by atoms with E-state index in [9.17, 15) is 4.39 Å². The zero-order valence-electron chi connectivity index (χ0n) is 12.2. The molecule has 0 spiro atoms. The van der Waals surface area contributed by atoms with Crippen LogP contribution in [-0.4, -0.2) is 6.54 Å². The molecule has 0 heterocycles. The van der Waals surface area contributed by atoms with E-state index in [0.29, 0.717) is 5.56 Å². The van der Waals surface area contributed by atoms with Gasteiger partial charge >= 0.3 is 0 Å². The average molecular weight is 308 g/mol. The minimum atomic E-state index is -0.420. The van der Waals surface area contributed by atoms with Crippen LogP contribution >= 0.6 is 11.6 Å². The maximum atomic E-state index is 13.8. The molecule has 2 nitrogen and oxygen atoms in total. The lowest BCUT2D eigenvalue weighted by molar-refractivity contribution is 0.299. The van der Waals surface area contributed by atoms with Crippen LogP contribution in [0.25, 0.3) is 0 Å². The van der Waals surface area contributed by atoms with Crippen LogP contribution in [0.3, 0.4) is 0 Å². The molecular formula is C17H19ClFNO. The number of hydrogen-bond acceptors (Lipinski definition) is 2. The summed E-state index contributed by atoms with van der Waals surface area (Å²) in [6, 6.07) is 13.0. The van der Waals surface area contributed by atoms with Gasteiger partial charge in [0.1, 0.15) is 18.2 Å². The highest BCUT2D eigenvalue weighted by Gasteiger charge is 2.08. The molecule has 2 aromatic rings. The van der Waals surface area contributed by atoms with E-state index in [1.54, 1.807) is 12.1 Å². The molecule has 0 saturated carbocycles. The van der Waals surface area contributed by atoms with Gasteiger partial charge in [-0.05, 0) is 37.2 Å². The Bertz CT molecular complexity index is 603. The summed E-state index contributed by atoms with van der Waals surface area (Å²) in [5.41, 5.74) is 1.59. The normalized spacial score (nSPS) is 12.2. The van der Waals surface area contributed by atoms with Crippen molar-refractivity contribution >= 4 is 11.6 Å². The Kier molecular flexibility index (Phi) is 5.59. The number of halogens is 2. The first kappa shape index (κ1) is 15.8. The summed E-state index contributed by atoms with van der Waals surface area (Å²) in [6.45, 7) is 5.23. The van der Waals surface area contributed by atoms with Crippen molar-refractivity contribution in [1.82, 2.24) is 5.32 Å². The predicted molar refractivity (Wildman–Crippen MR) is 84.3 cm³/mol. The fourth-order valence-electron chi connectivity index (χ4n) is 2.12. The average Bonchev–Trinajstić information content (AvgIpc) is 2.49. The molecule has 0 saturated heterocycles. The summed E-state index contributed by atoms with van der Waals surface area (Å²) in [5, 5.41) is 3.46. The van der Waals surface area contributed by atoms with Crippen molar-refractivity contribution < 1.29 is 9.13 Å². The van der Waals surface area contributed by atoms with E-state index in [1.807, 2.05) is 24.3 Å². The van der Waals surface area contributed by atoms with E-state index < -0.39 is 5.82 Å². The second-order valence-electron chi connectivity index (χ2n) is 4.85. The lowest BCUT2D eigenvalue weighted by atomic mass is 10.1. The van der Waals surface area contributed by atoms with Crippen LogP contribution in [0.5, 0.6) is 5.75 Å². The van der Waals surface area contributed by atoms with Crippen molar-refractivity contribution in [1.29, 1.82) is 0 Å². The molecular weight excluding hydrogens is 289 g/mol. The Morgan fingerprint density at radius 3 is 2.76 bits per heavy atom. The molecule has 0 fully saturated rings. The predicted octanol–water partition coefficient (Wildman–Crippen LogP) is 4.73. The largest absolute Gasteiger partial charge is 0.489 e. The van der Waals surface area contributed by atoms with E-state index in [4.69, 9.17) is 16.3 Å². The number of hydrogen-bond donors (Lipinski definition) is 1. The van der Waals surface area contributed by atoms with Crippen molar-refractivity contribution in [3.63, 3.8) is 0 Å². The highest BCUT2D eigenvalue weighted by atomic mass is 35.5. The lowest BCUT2D eigenvalue weighted by Gasteiger charge is -2.14. The van der Waals surface area contributed by atoms with Crippen molar-refractivity contribution in [2.75, 3.05) is 6.54 Å². The smallest absolute Gasteiger partial charge is 0.148 e.